The van der Waals surface area contributed by atoms with E-state index in [4.69, 9.17) is 0 Å². The van der Waals surface area contributed by atoms with E-state index in [0.29, 0.717) is 0 Å². The van der Waals surface area contributed by atoms with Crippen molar-refractivity contribution in [3.05, 3.63) is 0 Å². The van der Waals surface area contributed by atoms with E-state index in [2.05, 4.69) is 20.0 Å². The highest BCUT2D eigenvalue weighted by Crippen LogP contribution is 2.58. The highest BCUT2D eigenvalue weighted by molar-refractivity contribution is 9.39. The van der Waals surface area contributed by atoms with Gasteiger partial charge < -0.3 is 0 Å². The Morgan fingerprint density at radius 2 is 2.00 bits per heavy atom. The van der Waals surface area contributed by atoms with E-state index in [9.17, 15) is 8.76 Å². The molecule has 2 nitrogen and oxygen atoms in total. The van der Waals surface area contributed by atoms with Gasteiger partial charge in [-0.2, -0.15) is 0 Å². The Hall–Kier alpha value is 0.600. The van der Waals surface area contributed by atoms with Gasteiger partial charge in [0.1, 0.15) is 0 Å². The second kappa shape index (κ2) is 3.33. The number of rotatable bonds is 2. The molecule has 5 heteroatoms. The molecule has 1 rings (SSSR count). The average molecular weight is 231 g/mol. The third kappa shape index (κ3) is 3.13. The van der Waals surface area contributed by atoms with Crippen LogP contribution in [0.4, 0.5) is 4.20 Å². The van der Waals surface area contributed by atoms with Gasteiger partial charge >= 0.3 is 6.38 Å². The van der Waals surface area contributed by atoms with Gasteiger partial charge in [0, 0.05) is 0 Å². The molecule has 0 aromatic carbocycles. The molecule has 0 aliphatic heterocycles. The summed E-state index contributed by atoms with van der Waals surface area (Å²) in [7, 11) is 0. The molecule has 1 aliphatic rings. The third-order valence-corrected chi connectivity index (χ3v) is 2.62. The second-order valence-electron chi connectivity index (χ2n) is 2.43. The van der Waals surface area contributed by atoms with Gasteiger partial charge in [-0.25, -0.2) is 4.57 Å². The van der Waals surface area contributed by atoms with Gasteiger partial charge in [-0.05, 0) is 12.8 Å². The fraction of sp³-hybridized carbons (Fsp3) is 1.00. The van der Waals surface area contributed by atoms with Crippen molar-refractivity contribution in [3.8, 4) is 0 Å². The van der Waals surface area contributed by atoms with Gasteiger partial charge in [-0.3, -0.25) is 4.52 Å². The molecule has 0 amide bonds. The lowest BCUT2D eigenvalue weighted by Gasteiger charge is -2.08. The van der Waals surface area contributed by atoms with E-state index in [0.717, 1.165) is 25.7 Å². The lowest BCUT2D eigenvalue weighted by Crippen LogP contribution is -2.01. The van der Waals surface area contributed by atoms with Gasteiger partial charge in [0.05, 0.1) is 21.6 Å². The normalized spacial score (nSPS) is 26.6. The van der Waals surface area contributed by atoms with Crippen LogP contribution >= 0.6 is 21.9 Å². The molecule has 0 saturated heterocycles. The number of hydrogen-bond acceptors (Lipinski definition) is 2. The highest BCUT2D eigenvalue weighted by atomic mass is 79.9. The summed E-state index contributed by atoms with van der Waals surface area (Å²) in [4.78, 5) is 0. The standard InChI is InChI=1S/C5H9BrFO2P/c6-10(7,8)9-5-3-1-2-4-5/h5H,1-4H2. The molecule has 0 heterocycles. The summed E-state index contributed by atoms with van der Waals surface area (Å²) >= 11 is 2.36. The van der Waals surface area contributed by atoms with Crippen molar-refractivity contribution in [3.63, 3.8) is 0 Å². The Labute approximate surface area is 67.4 Å². The predicted molar refractivity (Wildman–Crippen MR) is 41.0 cm³/mol. The minimum atomic E-state index is -3.90. The van der Waals surface area contributed by atoms with E-state index in [1.54, 1.807) is 0 Å². The second-order valence-corrected chi connectivity index (χ2v) is 6.01. The van der Waals surface area contributed by atoms with Crippen LogP contribution < -0.4 is 0 Å². The van der Waals surface area contributed by atoms with Crippen LogP contribution in [0, 0.1) is 0 Å². The molecule has 0 bridgehead atoms. The summed E-state index contributed by atoms with van der Waals surface area (Å²) < 4.78 is 27.3. The van der Waals surface area contributed by atoms with Crippen LogP contribution in [0.25, 0.3) is 0 Å². The fourth-order valence-corrected chi connectivity index (χ4v) is 2.43. The SMILES string of the molecule is O=P(F)(Br)OC1CCCC1. The van der Waals surface area contributed by atoms with Crippen LogP contribution in [0.1, 0.15) is 25.7 Å². The Balaban J connectivity index is 2.31. The van der Waals surface area contributed by atoms with Gasteiger partial charge in [0.2, 0.25) is 0 Å². The minimum absolute atomic E-state index is 0.129. The zero-order chi connectivity index (χ0) is 7.61. The van der Waals surface area contributed by atoms with E-state index >= 15 is 0 Å². The molecule has 1 atom stereocenters. The summed E-state index contributed by atoms with van der Waals surface area (Å²) in [5.41, 5.74) is 0. The number of halogens is 2. The zero-order valence-electron chi connectivity index (χ0n) is 5.43. The monoisotopic (exact) mass is 230 g/mol. The third-order valence-electron chi connectivity index (χ3n) is 1.57. The average Bonchev–Trinajstić information content (AvgIpc) is 2.12. The van der Waals surface area contributed by atoms with Crippen molar-refractivity contribution in [2.45, 2.75) is 31.8 Å². The molecule has 60 valence electrons. The van der Waals surface area contributed by atoms with Crippen LogP contribution in [0.5, 0.6) is 0 Å². The molecule has 0 spiro atoms. The Morgan fingerprint density at radius 3 is 2.40 bits per heavy atom. The lowest BCUT2D eigenvalue weighted by atomic mass is 10.3. The van der Waals surface area contributed by atoms with Crippen molar-refractivity contribution < 1.29 is 13.3 Å². The van der Waals surface area contributed by atoms with Crippen LogP contribution in [0.2, 0.25) is 0 Å². The molecule has 0 N–H and O–H groups in total. The molecule has 0 aromatic rings. The van der Waals surface area contributed by atoms with Crippen LogP contribution in [-0.2, 0) is 9.09 Å². The summed E-state index contributed by atoms with van der Waals surface area (Å²) in [6.07, 6.45) is -0.260. The molecule has 1 fully saturated rings. The molecular formula is C5H9BrFO2P. The Kier molecular flexibility index (Phi) is 2.90. The summed E-state index contributed by atoms with van der Waals surface area (Å²) in [6, 6.07) is 0. The predicted octanol–water partition coefficient (Wildman–Crippen LogP) is 3.42. The Bertz CT molecular complexity index is 152. The van der Waals surface area contributed by atoms with Crippen LogP contribution in [0.15, 0.2) is 0 Å². The van der Waals surface area contributed by atoms with Gasteiger partial charge in [-0.1, -0.05) is 12.8 Å². The molecule has 1 aliphatic carbocycles. The van der Waals surface area contributed by atoms with E-state index < -0.39 is 6.38 Å². The van der Waals surface area contributed by atoms with Crippen molar-refractivity contribution in [2.24, 2.45) is 0 Å². The van der Waals surface area contributed by atoms with Crippen LogP contribution in [0.3, 0.4) is 0 Å². The first-order chi connectivity index (χ1) is 4.58. The Morgan fingerprint density at radius 1 is 1.50 bits per heavy atom. The summed E-state index contributed by atoms with van der Waals surface area (Å²) in [5.74, 6) is 0. The van der Waals surface area contributed by atoms with Crippen molar-refractivity contribution in [2.75, 3.05) is 0 Å². The van der Waals surface area contributed by atoms with Gasteiger partial charge in [0.25, 0.3) is 0 Å². The minimum Gasteiger partial charge on any atom is -0.294 e. The summed E-state index contributed by atoms with van der Waals surface area (Å²) in [6.45, 7) is 0. The molecule has 1 unspecified atom stereocenters. The van der Waals surface area contributed by atoms with E-state index in [-0.39, 0.29) is 6.10 Å². The molecule has 10 heavy (non-hydrogen) atoms. The van der Waals surface area contributed by atoms with Crippen molar-refractivity contribution >= 4 is 21.9 Å². The first kappa shape index (κ1) is 8.69. The zero-order valence-corrected chi connectivity index (χ0v) is 7.91. The van der Waals surface area contributed by atoms with Crippen molar-refractivity contribution in [1.82, 2.24) is 0 Å². The smallest absolute Gasteiger partial charge is 0.294 e. The highest BCUT2D eigenvalue weighted by Gasteiger charge is 2.25. The number of hydrogen-bond donors (Lipinski definition) is 0. The molecule has 0 aromatic heterocycles. The maximum atomic E-state index is 12.3. The first-order valence-corrected chi connectivity index (χ1v) is 6.79. The summed E-state index contributed by atoms with van der Waals surface area (Å²) in [5, 5.41) is 0. The quantitative estimate of drug-likeness (QED) is 0.680. The molecule has 1 saturated carbocycles. The lowest BCUT2D eigenvalue weighted by molar-refractivity contribution is 0.206. The maximum Gasteiger partial charge on any atom is 0.432 e. The van der Waals surface area contributed by atoms with E-state index in [1.165, 1.54) is 0 Å². The molecular weight excluding hydrogens is 222 g/mol. The first-order valence-electron chi connectivity index (χ1n) is 3.26. The topological polar surface area (TPSA) is 26.3 Å². The van der Waals surface area contributed by atoms with Crippen molar-refractivity contribution in [1.29, 1.82) is 0 Å². The van der Waals surface area contributed by atoms with Gasteiger partial charge in [0.15, 0.2) is 0 Å². The van der Waals surface area contributed by atoms with Gasteiger partial charge in [-0.15, -0.1) is 4.20 Å². The molecule has 0 radical (unpaired) electrons. The largest absolute Gasteiger partial charge is 0.432 e. The van der Waals surface area contributed by atoms with E-state index in [1.807, 2.05) is 0 Å². The van der Waals surface area contributed by atoms with Crippen LogP contribution in [-0.4, -0.2) is 6.10 Å². The fourth-order valence-electron chi connectivity index (χ4n) is 1.17. The maximum absolute atomic E-state index is 12.3.